The first-order valence-electron chi connectivity index (χ1n) is 6.41. The molecule has 0 aliphatic heterocycles. The van der Waals surface area contributed by atoms with Crippen molar-refractivity contribution in [3.63, 3.8) is 0 Å². The quantitative estimate of drug-likeness (QED) is 0.677. The Hall–Kier alpha value is -2.16. The molecule has 1 aromatic heterocycles. The molecule has 3 aromatic rings. The Labute approximate surface area is 111 Å². The lowest BCUT2D eigenvalue weighted by Crippen LogP contribution is -1.95. The first-order chi connectivity index (χ1) is 9.20. The molecule has 0 aliphatic carbocycles. The number of hydrogen-bond acceptors (Lipinski definition) is 1. The molecule has 0 N–H and O–H groups in total. The number of hydrogen-bond donors (Lipinski definition) is 0. The van der Waals surface area contributed by atoms with Gasteiger partial charge in [-0.25, -0.2) is 4.39 Å². The van der Waals surface area contributed by atoms with E-state index in [1.165, 1.54) is 0 Å². The number of nitrogens with zero attached hydrogens (tertiary/aromatic N) is 2. The van der Waals surface area contributed by atoms with Crippen LogP contribution in [-0.4, -0.2) is 9.78 Å². The maximum absolute atomic E-state index is 13.9. The van der Waals surface area contributed by atoms with Gasteiger partial charge in [0.05, 0.1) is 11.2 Å². The van der Waals surface area contributed by atoms with E-state index in [9.17, 15) is 4.39 Å². The Balaban J connectivity index is 2.24. The molecule has 0 atom stereocenters. The predicted molar refractivity (Wildman–Crippen MR) is 75.5 cm³/mol. The van der Waals surface area contributed by atoms with E-state index in [4.69, 9.17) is 0 Å². The zero-order valence-corrected chi connectivity index (χ0v) is 11.0. The first-order valence-corrected chi connectivity index (χ1v) is 6.41. The molecule has 0 saturated heterocycles. The number of aromatic nitrogens is 2. The van der Waals surface area contributed by atoms with Crippen LogP contribution in [0.4, 0.5) is 4.39 Å². The average molecular weight is 254 g/mol. The monoisotopic (exact) mass is 254 g/mol. The smallest absolute Gasteiger partial charge is 0.127 e. The molecule has 2 nitrogen and oxygen atoms in total. The molecule has 96 valence electrons. The topological polar surface area (TPSA) is 17.8 Å². The third-order valence-corrected chi connectivity index (χ3v) is 3.45. The van der Waals surface area contributed by atoms with Gasteiger partial charge >= 0.3 is 0 Å². The molecule has 0 amide bonds. The first kappa shape index (κ1) is 11.9. The summed E-state index contributed by atoms with van der Waals surface area (Å²) < 4.78 is 15.8. The lowest BCUT2D eigenvalue weighted by atomic mass is 10.0. The van der Waals surface area contributed by atoms with Gasteiger partial charge in [0.2, 0.25) is 0 Å². The molecule has 0 saturated carbocycles. The molecule has 0 spiro atoms. The minimum absolute atomic E-state index is 0.148. The van der Waals surface area contributed by atoms with Gasteiger partial charge in [0.1, 0.15) is 5.82 Å². The van der Waals surface area contributed by atoms with Crippen LogP contribution < -0.4 is 0 Å². The van der Waals surface area contributed by atoms with E-state index in [-0.39, 0.29) is 5.82 Å². The minimum Gasteiger partial charge on any atom is -0.267 e. The number of aryl methyl sites for hydroxylation is 2. The van der Waals surface area contributed by atoms with Crippen molar-refractivity contribution in [1.29, 1.82) is 0 Å². The van der Waals surface area contributed by atoms with Crippen molar-refractivity contribution in [2.24, 2.45) is 7.05 Å². The molecule has 3 rings (SSSR count). The summed E-state index contributed by atoms with van der Waals surface area (Å²) in [6, 6.07) is 13.3. The van der Waals surface area contributed by atoms with Gasteiger partial charge in [-0.3, -0.25) is 4.68 Å². The van der Waals surface area contributed by atoms with Crippen molar-refractivity contribution < 1.29 is 4.39 Å². The predicted octanol–water partition coefficient (Wildman–Crippen LogP) is 3.94. The second-order valence-corrected chi connectivity index (χ2v) is 4.65. The molecule has 0 fully saturated rings. The molecule has 0 unspecified atom stereocenters. The maximum Gasteiger partial charge on any atom is 0.127 e. The standard InChI is InChI=1S/C16H15FN2/c1-3-11-8-9-12(10-14(11)17)16-13-6-4-5-7-15(13)18-19(16)2/h4-10H,3H2,1-2H3. The van der Waals surface area contributed by atoms with Crippen LogP contribution in [0.5, 0.6) is 0 Å². The molecule has 3 heteroatoms. The molecule has 0 bridgehead atoms. The number of rotatable bonds is 2. The lowest BCUT2D eigenvalue weighted by Gasteiger charge is -2.06. The Morgan fingerprint density at radius 1 is 1.16 bits per heavy atom. The largest absolute Gasteiger partial charge is 0.267 e. The second-order valence-electron chi connectivity index (χ2n) is 4.65. The Kier molecular flexibility index (Phi) is 2.82. The van der Waals surface area contributed by atoms with Crippen molar-refractivity contribution in [2.75, 3.05) is 0 Å². The van der Waals surface area contributed by atoms with Crippen LogP contribution in [0.1, 0.15) is 12.5 Å². The van der Waals surface area contributed by atoms with Gasteiger partial charge in [0.25, 0.3) is 0 Å². The fourth-order valence-electron chi connectivity index (χ4n) is 2.47. The third kappa shape index (κ3) is 1.91. The molecular weight excluding hydrogens is 239 g/mol. The molecule has 1 heterocycles. The van der Waals surface area contributed by atoms with E-state index in [1.54, 1.807) is 6.07 Å². The number of benzene rings is 2. The van der Waals surface area contributed by atoms with Crippen molar-refractivity contribution in [2.45, 2.75) is 13.3 Å². The van der Waals surface area contributed by atoms with E-state index in [0.29, 0.717) is 6.42 Å². The summed E-state index contributed by atoms with van der Waals surface area (Å²) >= 11 is 0. The van der Waals surface area contributed by atoms with Gasteiger partial charge in [-0.15, -0.1) is 0 Å². The van der Waals surface area contributed by atoms with Crippen molar-refractivity contribution in [3.8, 4) is 11.3 Å². The fraction of sp³-hybridized carbons (Fsp3) is 0.188. The maximum atomic E-state index is 13.9. The summed E-state index contributed by atoms with van der Waals surface area (Å²) in [5, 5.41) is 5.51. The van der Waals surface area contributed by atoms with Crippen LogP contribution in [0.25, 0.3) is 22.2 Å². The van der Waals surface area contributed by atoms with Crippen molar-refractivity contribution >= 4 is 10.9 Å². The SMILES string of the molecule is CCc1ccc(-c2c3ccccc3nn2C)cc1F. The molecule has 0 radical (unpaired) electrons. The Bertz CT molecular complexity index is 744. The minimum atomic E-state index is -0.148. The van der Waals surface area contributed by atoms with Gasteiger partial charge in [-0.1, -0.05) is 37.3 Å². The van der Waals surface area contributed by atoms with Crippen LogP contribution in [0.3, 0.4) is 0 Å². The highest BCUT2D eigenvalue weighted by molar-refractivity contribution is 5.93. The number of fused-ring (bicyclic) bond motifs is 1. The second kappa shape index (κ2) is 4.50. The van der Waals surface area contributed by atoms with E-state index < -0.39 is 0 Å². The highest BCUT2D eigenvalue weighted by atomic mass is 19.1. The molecule has 19 heavy (non-hydrogen) atoms. The van der Waals surface area contributed by atoms with Gasteiger partial charge in [-0.05, 0) is 24.1 Å². The molecular formula is C16H15FN2. The van der Waals surface area contributed by atoms with Crippen LogP contribution in [0, 0.1) is 5.82 Å². The van der Waals surface area contributed by atoms with Gasteiger partial charge < -0.3 is 0 Å². The Morgan fingerprint density at radius 2 is 1.95 bits per heavy atom. The summed E-state index contributed by atoms with van der Waals surface area (Å²) in [6.07, 6.45) is 0.707. The summed E-state index contributed by atoms with van der Waals surface area (Å²) in [7, 11) is 1.89. The van der Waals surface area contributed by atoms with Crippen LogP contribution in [0.15, 0.2) is 42.5 Å². The highest BCUT2D eigenvalue weighted by Gasteiger charge is 2.12. The summed E-state index contributed by atoms with van der Waals surface area (Å²) in [4.78, 5) is 0. The number of halogens is 1. The Morgan fingerprint density at radius 3 is 2.68 bits per heavy atom. The van der Waals surface area contributed by atoms with E-state index in [1.807, 2.05) is 55.1 Å². The van der Waals surface area contributed by atoms with Crippen LogP contribution >= 0.6 is 0 Å². The van der Waals surface area contributed by atoms with Crippen molar-refractivity contribution in [3.05, 3.63) is 53.8 Å². The molecule has 2 aromatic carbocycles. The van der Waals surface area contributed by atoms with Gasteiger partial charge in [0.15, 0.2) is 0 Å². The van der Waals surface area contributed by atoms with Gasteiger partial charge in [0, 0.05) is 18.0 Å². The average Bonchev–Trinajstić information content (AvgIpc) is 2.74. The summed E-state index contributed by atoms with van der Waals surface area (Å²) in [6.45, 7) is 1.96. The normalized spacial score (nSPS) is 11.1. The van der Waals surface area contributed by atoms with E-state index >= 15 is 0 Å². The highest BCUT2D eigenvalue weighted by Crippen LogP contribution is 2.29. The third-order valence-electron chi connectivity index (χ3n) is 3.45. The van der Waals surface area contributed by atoms with E-state index in [0.717, 1.165) is 27.7 Å². The van der Waals surface area contributed by atoms with Crippen molar-refractivity contribution in [1.82, 2.24) is 9.78 Å². The fourth-order valence-corrected chi connectivity index (χ4v) is 2.47. The van der Waals surface area contributed by atoms with Crippen LogP contribution in [0.2, 0.25) is 0 Å². The zero-order chi connectivity index (χ0) is 13.4. The summed E-state index contributed by atoms with van der Waals surface area (Å²) in [5.74, 6) is -0.148. The van der Waals surface area contributed by atoms with Crippen LogP contribution in [-0.2, 0) is 13.5 Å². The molecule has 0 aliphatic rings. The van der Waals surface area contributed by atoms with E-state index in [2.05, 4.69) is 5.10 Å². The lowest BCUT2D eigenvalue weighted by molar-refractivity contribution is 0.612. The summed E-state index contributed by atoms with van der Waals surface area (Å²) in [5.41, 5.74) is 3.50. The zero-order valence-electron chi connectivity index (χ0n) is 11.0. The van der Waals surface area contributed by atoms with Gasteiger partial charge in [-0.2, -0.15) is 5.10 Å².